The van der Waals surface area contributed by atoms with Crippen molar-refractivity contribution in [1.82, 2.24) is 5.32 Å². The van der Waals surface area contributed by atoms with Crippen molar-refractivity contribution in [2.75, 3.05) is 31.6 Å². The highest BCUT2D eigenvalue weighted by Crippen LogP contribution is 2.37. The number of likely N-dealkylation sites (N-methyl/N-ethyl adjacent to an activating group) is 2. The molecule has 1 heterocycles. The van der Waals surface area contributed by atoms with Gasteiger partial charge in [0.1, 0.15) is 0 Å². The normalized spacial score (nSPS) is 19.4. The zero-order valence-electron chi connectivity index (χ0n) is 9.26. The van der Waals surface area contributed by atoms with Gasteiger partial charge in [0.2, 0.25) is 0 Å². The van der Waals surface area contributed by atoms with Crippen LogP contribution in [0.1, 0.15) is 18.4 Å². The van der Waals surface area contributed by atoms with Gasteiger partial charge in [-0.25, -0.2) is 0 Å². The fourth-order valence-corrected chi connectivity index (χ4v) is 2.50. The average molecular weight is 225 g/mol. The third-order valence-electron chi connectivity index (χ3n) is 3.04. The Balaban J connectivity index is 2.34. The maximum atomic E-state index is 6.04. The topological polar surface area (TPSA) is 15.3 Å². The first-order chi connectivity index (χ1) is 7.26. The van der Waals surface area contributed by atoms with E-state index >= 15 is 0 Å². The van der Waals surface area contributed by atoms with Crippen molar-refractivity contribution in [2.24, 2.45) is 0 Å². The minimum atomic E-state index is 0.573. The fraction of sp³-hybridized carbons (Fsp3) is 0.500. The minimum Gasteiger partial charge on any atom is -0.371 e. The Labute approximate surface area is 96.2 Å². The van der Waals surface area contributed by atoms with E-state index in [2.05, 4.69) is 29.3 Å². The summed E-state index contributed by atoms with van der Waals surface area (Å²) in [5.74, 6) is 0.573. The first kappa shape index (κ1) is 10.8. The van der Waals surface area contributed by atoms with Crippen LogP contribution in [0.3, 0.4) is 0 Å². The van der Waals surface area contributed by atoms with Crippen LogP contribution in [0.15, 0.2) is 18.2 Å². The molecule has 0 saturated heterocycles. The van der Waals surface area contributed by atoms with E-state index in [4.69, 9.17) is 11.6 Å². The van der Waals surface area contributed by atoms with Crippen molar-refractivity contribution < 1.29 is 0 Å². The highest BCUT2D eigenvalue weighted by Gasteiger charge is 2.26. The van der Waals surface area contributed by atoms with Crippen molar-refractivity contribution >= 4 is 17.3 Å². The Hall–Kier alpha value is -0.730. The molecule has 0 fully saturated rings. The summed E-state index contributed by atoms with van der Waals surface area (Å²) in [6.45, 7) is 5.38. The lowest BCUT2D eigenvalue weighted by Gasteiger charge is -2.16. The number of fused-ring (bicyclic) bond motifs is 1. The van der Waals surface area contributed by atoms with E-state index < -0.39 is 0 Å². The van der Waals surface area contributed by atoms with Crippen molar-refractivity contribution in [1.29, 1.82) is 0 Å². The highest BCUT2D eigenvalue weighted by molar-refractivity contribution is 6.30. The average Bonchev–Trinajstić information content (AvgIpc) is 2.57. The van der Waals surface area contributed by atoms with Gasteiger partial charge in [-0.2, -0.15) is 0 Å². The quantitative estimate of drug-likeness (QED) is 0.849. The molecule has 0 aliphatic carbocycles. The number of nitrogens with zero attached hydrogens (tertiary/aromatic N) is 1. The second-order valence-corrected chi connectivity index (χ2v) is 4.43. The Morgan fingerprint density at radius 2 is 2.33 bits per heavy atom. The summed E-state index contributed by atoms with van der Waals surface area (Å²) in [6.07, 6.45) is 0. The summed E-state index contributed by atoms with van der Waals surface area (Å²) >= 11 is 6.04. The molecule has 1 aromatic carbocycles. The molecule has 1 aromatic rings. The molecule has 0 radical (unpaired) electrons. The largest absolute Gasteiger partial charge is 0.371 e. The number of hydrogen-bond acceptors (Lipinski definition) is 2. The molecule has 82 valence electrons. The molecule has 0 bridgehead atoms. The SMILES string of the molecule is CCN1CC(CNC)c2cc(Cl)ccc21. The Kier molecular flexibility index (Phi) is 3.17. The van der Waals surface area contributed by atoms with Crippen LogP contribution in [0.5, 0.6) is 0 Å². The molecule has 1 aliphatic heterocycles. The van der Waals surface area contributed by atoms with Gasteiger partial charge in [-0.15, -0.1) is 0 Å². The van der Waals surface area contributed by atoms with Gasteiger partial charge in [0.25, 0.3) is 0 Å². The second kappa shape index (κ2) is 4.42. The number of hydrogen-bond donors (Lipinski definition) is 1. The van der Waals surface area contributed by atoms with E-state index in [0.717, 1.165) is 24.7 Å². The van der Waals surface area contributed by atoms with Crippen LogP contribution in [0, 0.1) is 0 Å². The number of halogens is 1. The van der Waals surface area contributed by atoms with E-state index in [0.29, 0.717) is 5.92 Å². The Morgan fingerprint density at radius 1 is 1.53 bits per heavy atom. The third-order valence-corrected chi connectivity index (χ3v) is 3.28. The molecule has 3 heteroatoms. The van der Waals surface area contributed by atoms with Gasteiger partial charge in [0, 0.05) is 36.3 Å². The summed E-state index contributed by atoms with van der Waals surface area (Å²) in [5.41, 5.74) is 2.74. The molecule has 0 aromatic heterocycles. The van der Waals surface area contributed by atoms with E-state index in [9.17, 15) is 0 Å². The molecule has 2 nitrogen and oxygen atoms in total. The molecule has 0 spiro atoms. The third kappa shape index (κ3) is 1.97. The lowest BCUT2D eigenvalue weighted by atomic mass is 10.0. The molecule has 0 amide bonds. The number of benzene rings is 1. The van der Waals surface area contributed by atoms with Gasteiger partial charge in [-0.3, -0.25) is 0 Å². The van der Waals surface area contributed by atoms with Crippen LogP contribution in [0.25, 0.3) is 0 Å². The monoisotopic (exact) mass is 224 g/mol. The van der Waals surface area contributed by atoms with Crippen LogP contribution in [-0.4, -0.2) is 26.7 Å². The van der Waals surface area contributed by atoms with E-state index in [1.165, 1.54) is 11.3 Å². The van der Waals surface area contributed by atoms with Crippen LogP contribution in [0.2, 0.25) is 5.02 Å². The van der Waals surface area contributed by atoms with Crippen molar-refractivity contribution in [3.05, 3.63) is 28.8 Å². The van der Waals surface area contributed by atoms with Crippen LogP contribution < -0.4 is 10.2 Å². The molecule has 1 atom stereocenters. The summed E-state index contributed by atoms with van der Waals surface area (Å²) in [6, 6.07) is 6.22. The van der Waals surface area contributed by atoms with E-state index in [1.807, 2.05) is 13.1 Å². The Morgan fingerprint density at radius 3 is 3.00 bits per heavy atom. The number of rotatable bonds is 3. The molecular formula is C12H17ClN2. The summed E-state index contributed by atoms with van der Waals surface area (Å²) in [4.78, 5) is 2.41. The van der Waals surface area contributed by atoms with Gasteiger partial charge in [0.05, 0.1) is 0 Å². The van der Waals surface area contributed by atoms with Gasteiger partial charge in [-0.1, -0.05) is 11.6 Å². The maximum Gasteiger partial charge on any atom is 0.0410 e. The fourth-order valence-electron chi connectivity index (χ4n) is 2.32. The van der Waals surface area contributed by atoms with Crippen LogP contribution in [0.4, 0.5) is 5.69 Å². The van der Waals surface area contributed by atoms with Crippen molar-refractivity contribution in [3.8, 4) is 0 Å². The van der Waals surface area contributed by atoms with Crippen LogP contribution >= 0.6 is 11.6 Å². The van der Waals surface area contributed by atoms with Crippen molar-refractivity contribution in [2.45, 2.75) is 12.8 Å². The molecule has 1 unspecified atom stereocenters. The first-order valence-electron chi connectivity index (χ1n) is 5.45. The second-order valence-electron chi connectivity index (χ2n) is 4.00. The Bertz CT molecular complexity index is 351. The number of anilines is 1. The summed E-state index contributed by atoms with van der Waals surface area (Å²) < 4.78 is 0. The van der Waals surface area contributed by atoms with Crippen molar-refractivity contribution in [3.63, 3.8) is 0 Å². The summed E-state index contributed by atoms with van der Waals surface area (Å²) in [7, 11) is 2.00. The molecule has 0 saturated carbocycles. The molecule has 2 rings (SSSR count). The van der Waals surface area contributed by atoms with Gasteiger partial charge in [0.15, 0.2) is 0 Å². The lowest BCUT2D eigenvalue weighted by Crippen LogP contribution is -2.25. The maximum absolute atomic E-state index is 6.04. The smallest absolute Gasteiger partial charge is 0.0410 e. The minimum absolute atomic E-state index is 0.573. The van der Waals surface area contributed by atoms with E-state index in [1.54, 1.807) is 0 Å². The summed E-state index contributed by atoms with van der Waals surface area (Å²) in [5, 5.41) is 4.09. The van der Waals surface area contributed by atoms with Crippen LogP contribution in [-0.2, 0) is 0 Å². The lowest BCUT2D eigenvalue weighted by molar-refractivity contribution is 0.644. The molecule has 15 heavy (non-hydrogen) atoms. The molecule has 1 aliphatic rings. The van der Waals surface area contributed by atoms with Gasteiger partial charge in [-0.05, 0) is 37.7 Å². The standard InChI is InChI=1S/C12H17ClN2/c1-3-15-8-9(7-14-2)11-6-10(13)4-5-12(11)15/h4-6,9,14H,3,7-8H2,1-2H3. The first-order valence-corrected chi connectivity index (χ1v) is 5.83. The van der Waals surface area contributed by atoms with E-state index in [-0.39, 0.29) is 0 Å². The zero-order valence-corrected chi connectivity index (χ0v) is 10.0. The predicted octanol–water partition coefficient (Wildman–Crippen LogP) is 2.48. The van der Waals surface area contributed by atoms with Gasteiger partial charge >= 0.3 is 0 Å². The number of nitrogens with one attached hydrogen (secondary N) is 1. The molecule has 1 N–H and O–H groups in total. The highest BCUT2D eigenvalue weighted by atomic mass is 35.5. The van der Waals surface area contributed by atoms with Gasteiger partial charge < -0.3 is 10.2 Å². The molecular weight excluding hydrogens is 208 g/mol. The zero-order chi connectivity index (χ0) is 10.8. The predicted molar refractivity (Wildman–Crippen MR) is 66.0 cm³/mol.